The number of halogens is 3. The predicted molar refractivity (Wildman–Crippen MR) is 92.4 cm³/mol. The molecule has 1 spiro atoms. The summed E-state index contributed by atoms with van der Waals surface area (Å²) in [5, 5.41) is 19.8. The maximum atomic E-state index is 13.5. The molecule has 1 N–H and O–H groups in total. The molecular formula is C20H19F3N2O4. The fraction of sp³-hybridized carbons (Fsp3) is 0.600. The Kier molecular flexibility index (Phi) is 3.72. The van der Waals surface area contributed by atoms with Crippen LogP contribution in [-0.4, -0.2) is 41.2 Å². The van der Waals surface area contributed by atoms with E-state index in [1.54, 1.807) is 13.0 Å². The average molecular weight is 408 g/mol. The van der Waals surface area contributed by atoms with Gasteiger partial charge in [0.25, 0.3) is 0 Å². The van der Waals surface area contributed by atoms with Crippen LogP contribution in [0.15, 0.2) is 18.2 Å². The molecule has 2 bridgehead atoms. The number of hydrogen-bond acceptors (Lipinski definition) is 5. The summed E-state index contributed by atoms with van der Waals surface area (Å²) in [6.07, 6.45) is -4.84. The first-order chi connectivity index (χ1) is 13.6. The largest absolute Gasteiger partial charge is 0.417 e. The minimum absolute atomic E-state index is 0.0373. The zero-order valence-electron chi connectivity index (χ0n) is 15.6. The van der Waals surface area contributed by atoms with E-state index in [9.17, 15) is 23.1 Å². The Balaban J connectivity index is 1.64. The highest BCUT2D eigenvalue weighted by Gasteiger charge is 2.77. The third-order valence-electron chi connectivity index (χ3n) is 6.94. The minimum atomic E-state index is -4.73. The third kappa shape index (κ3) is 2.31. The molecule has 4 aliphatic heterocycles. The molecule has 9 heteroatoms. The maximum absolute atomic E-state index is 13.5. The van der Waals surface area contributed by atoms with Crippen LogP contribution in [0.1, 0.15) is 37.3 Å². The van der Waals surface area contributed by atoms with E-state index in [0.717, 1.165) is 12.1 Å². The molecule has 4 heterocycles. The SMILES string of the molecule is C[C@]12C[C@@H](O)[C@@]3(CCCO[C@@H]4C3[C@H]1C(=O)N4c1ccc(C#N)c(C(F)(F)F)c1)O2. The van der Waals surface area contributed by atoms with E-state index in [-0.39, 0.29) is 11.6 Å². The van der Waals surface area contributed by atoms with Crippen LogP contribution in [0.4, 0.5) is 18.9 Å². The molecule has 5 rings (SSSR count). The van der Waals surface area contributed by atoms with Crippen molar-refractivity contribution in [2.75, 3.05) is 11.5 Å². The molecule has 1 aromatic rings. The molecule has 6 atom stereocenters. The van der Waals surface area contributed by atoms with Crippen molar-refractivity contribution in [1.82, 2.24) is 0 Å². The first-order valence-corrected chi connectivity index (χ1v) is 9.57. The van der Waals surface area contributed by atoms with Gasteiger partial charge in [-0.05, 0) is 38.0 Å². The first kappa shape index (κ1) is 18.9. The van der Waals surface area contributed by atoms with Crippen molar-refractivity contribution >= 4 is 11.6 Å². The van der Waals surface area contributed by atoms with Crippen molar-refractivity contribution in [3.8, 4) is 6.07 Å². The van der Waals surface area contributed by atoms with Crippen molar-refractivity contribution in [3.63, 3.8) is 0 Å². The second-order valence-electron chi connectivity index (χ2n) is 8.51. The molecule has 0 saturated carbocycles. The van der Waals surface area contributed by atoms with Gasteiger partial charge in [0.15, 0.2) is 0 Å². The normalized spacial score (nSPS) is 40.7. The van der Waals surface area contributed by atoms with Gasteiger partial charge < -0.3 is 14.6 Å². The van der Waals surface area contributed by atoms with Crippen LogP contribution in [0.25, 0.3) is 0 Å². The fourth-order valence-electron chi connectivity index (χ4n) is 5.90. The fourth-order valence-corrected chi connectivity index (χ4v) is 5.90. The smallest absolute Gasteiger partial charge is 0.390 e. The lowest BCUT2D eigenvalue weighted by Crippen LogP contribution is -2.51. The number of nitriles is 1. The van der Waals surface area contributed by atoms with Crippen molar-refractivity contribution in [3.05, 3.63) is 29.3 Å². The van der Waals surface area contributed by atoms with Gasteiger partial charge in [0, 0.05) is 18.7 Å². The Hall–Kier alpha value is -2.15. The zero-order valence-corrected chi connectivity index (χ0v) is 15.6. The van der Waals surface area contributed by atoms with E-state index in [4.69, 9.17) is 14.7 Å². The molecule has 29 heavy (non-hydrogen) atoms. The number of hydrogen-bond donors (Lipinski definition) is 1. The second-order valence-corrected chi connectivity index (χ2v) is 8.51. The second kappa shape index (κ2) is 5.72. The predicted octanol–water partition coefficient (Wildman–Crippen LogP) is 2.58. The molecule has 4 aliphatic rings. The summed E-state index contributed by atoms with van der Waals surface area (Å²) in [7, 11) is 0. The molecule has 6 nitrogen and oxygen atoms in total. The number of fused-ring (bicyclic) bond motifs is 2. The van der Waals surface area contributed by atoms with E-state index in [0.29, 0.717) is 25.9 Å². The van der Waals surface area contributed by atoms with Gasteiger partial charge in [-0.15, -0.1) is 0 Å². The molecule has 4 saturated heterocycles. The van der Waals surface area contributed by atoms with Crippen molar-refractivity contribution < 1.29 is 32.5 Å². The molecule has 0 aromatic heterocycles. The van der Waals surface area contributed by atoms with Crippen LogP contribution < -0.4 is 4.90 Å². The summed E-state index contributed by atoms with van der Waals surface area (Å²) in [6.45, 7) is 2.09. The van der Waals surface area contributed by atoms with Crippen LogP contribution in [0.5, 0.6) is 0 Å². The minimum Gasteiger partial charge on any atom is -0.390 e. The topological polar surface area (TPSA) is 82.8 Å². The van der Waals surface area contributed by atoms with E-state index in [2.05, 4.69) is 0 Å². The van der Waals surface area contributed by atoms with Gasteiger partial charge in [-0.3, -0.25) is 9.69 Å². The average Bonchev–Trinajstić information content (AvgIpc) is 3.13. The van der Waals surface area contributed by atoms with Gasteiger partial charge >= 0.3 is 6.18 Å². The third-order valence-corrected chi connectivity index (χ3v) is 6.94. The number of ether oxygens (including phenoxy) is 2. The van der Waals surface area contributed by atoms with Gasteiger partial charge in [0.1, 0.15) is 11.8 Å². The summed E-state index contributed by atoms with van der Waals surface area (Å²) >= 11 is 0. The van der Waals surface area contributed by atoms with Crippen molar-refractivity contribution in [1.29, 1.82) is 5.26 Å². The van der Waals surface area contributed by atoms with Gasteiger partial charge in [0.05, 0.1) is 40.7 Å². The Morgan fingerprint density at radius 1 is 1.38 bits per heavy atom. The highest BCUT2D eigenvalue weighted by molar-refractivity contribution is 6.00. The number of nitrogens with zero attached hydrogens (tertiary/aromatic N) is 2. The number of aliphatic hydroxyl groups is 1. The van der Waals surface area contributed by atoms with E-state index in [1.165, 1.54) is 11.0 Å². The number of carbonyl (C=O) groups is 1. The monoisotopic (exact) mass is 408 g/mol. The number of rotatable bonds is 1. The summed E-state index contributed by atoms with van der Waals surface area (Å²) in [6, 6.07) is 4.80. The van der Waals surface area contributed by atoms with Crippen molar-refractivity contribution in [2.24, 2.45) is 11.8 Å². The van der Waals surface area contributed by atoms with Crippen LogP contribution in [0.2, 0.25) is 0 Å². The molecule has 1 aromatic carbocycles. The first-order valence-electron chi connectivity index (χ1n) is 9.57. The quantitative estimate of drug-likeness (QED) is 0.773. The molecular weight excluding hydrogens is 389 g/mol. The zero-order chi connectivity index (χ0) is 20.8. The Labute approximate surface area is 164 Å². The Bertz CT molecular complexity index is 945. The highest BCUT2D eigenvalue weighted by atomic mass is 19.4. The molecule has 154 valence electrons. The number of aliphatic hydroxyl groups excluding tert-OH is 1. The number of carbonyl (C=O) groups excluding carboxylic acids is 1. The van der Waals surface area contributed by atoms with E-state index >= 15 is 0 Å². The lowest BCUT2D eigenvalue weighted by molar-refractivity contribution is -0.138. The van der Waals surface area contributed by atoms with E-state index in [1.807, 2.05) is 0 Å². The van der Waals surface area contributed by atoms with Gasteiger partial charge in [0.2, 0.25) is 5.91 Å². The molecule has 0 radical (unpaired) electrons. The molecule has 1 unspecified atom stereocenters. The van der Waals surface area contributed by atoms with Crippen LogP contribution in [0.3, 0.4) is 0 Å². The Morgan fingerprint density at radius 3 is 2.83 bits per heavy atom. The Morgan fingerprint density at radius 2 is 2.14 bits per heavy atom. The van der Waals surface area contributed by atoms with Crippen molar-refractivity contribution in [2.45, 2.75) is 55.9 Å². The number of alkyl halides is 3. The lowest BCUT2D eigenvalue weighted by atomic mass is 9.65. The van der Waals surface area contributed by atoms with Crippen LogP contribution in [0, 0.1) is 23.2 Å². The summed E-state index contributed by atoms with van der Waals surface area (Å²) in [5.41, 5.74) is -3.36. The molecule has 1 amide bonds. The molecule has 4 fully saturated rings. The molecule has 0 aliphatic carbocycles. The maximum Gasteiger partial charge on any atom is 0.417 e. The number of amides is 1. The van der Waals surface area contributed by atoms with Gasteiger partial charge in [-0.25, -0.2) is 0 Å². The van der Waals surface area contributed by atoms with Crippen LogP contribution >= 0.6 is 0 Å². The summed E-state index contributed by atoms with van der Waals surface area (Å²) in [4.78, 5) is 14.7. The highest BCUT2D eigenvalue weighted by Crippen LogP contribution is 2.64. The van der Waals surface area contributed by atoms with Gasteiger partial charge in [-0.1, -0.05) is 0 Å². The summed E-state index contributed by atoms with van der Waals surface area (Å²) < 4.78 is 52.5. The number of benzene rings is 1. The van der Waals surface area contributed by atoms with E-state index < -0.39 is 52.7 Å². The van der Waals surface area contributed by atoms with Gasteiger partial charge in [-0.2, -0.15) is 18.4 Å². The standard InChI is InChI=1S/C20H19F3N2O4/c1-18-8-13(26)19(29-18)5-2-6-28-17-15(19)14(18)16(27)25(17)11-4-3-10(9-24)12(7-11)20(21,22)23/h3-4,7,13-15,17,26H,2,5-6,8H2,1H3/t13-,14+,15?,17-,18+,19-/m1/s1. The summed E-state index contributed by atoms with van der Waals surface area (Å²) in [5.74, 6) is -1.42. The number of anilines is 1. The van der Waals surface area contributed by atoms with Crippen LogP contribution in [-0.2, 0) is 20.4 Å². The lowest BCUT2D eigenvalue weighted by Gasteiger charge is -2.37.